The van der Waals surface area contributed by atoms with Gasteiger partial charge < -0.3 is 0 Å². The molecule has 0 bridgehead atoms. The van der Waals surface area contributed by atoms with Gasteiger partial charge in [0.15, 0.2) is 0 Å². The maximum atomic E-state index is 4.78. The Morgan fingerprint density at radius 2 is 1.86 bits per heavy atom. The average Bonchev–Trinajstić information content (AvgIpc) is 3.10. The van der Waals surface area contributed by atoms with E-state index in [0.29, 0.717) is 0 Å². The molecule has 3 aromatic rings. The van der Waals surface area contributed by atoms with Crippen molar-refractivity contribution in [2.75, 3.05) is 0 Å². The van der Waals surface area contributed by atoms with Crippen molar-refractivity contribution in [1.29, 1.82) is 0 Å². The molecule has 0 radical (unpaired) electrons. The third-order valence-electron chi connectivity index (χ3n) is 3.96. The van der Waals surface area contributed by atoms with Crippen molar-refractivity contribution in [3.05, 3.63) is 71.5 Å². The Morgan fingerprint density at radius 1 is 0.952 bits per heavy atom. The quantitative estimate of drug-likeness (QED) is 0.732. The molecule has 0 spiro atoms. The average molecular weight is 275 g/mol. The van der Waals surface area contributed by atoms with Gasteiger partial charge in [-0.3, -0.25) is 9.67 Å². The molecule has 0 unspecified atom stereocenters. The first-order chi connectivity index (χ1) is 10.4. The Labute approximate surface area is 124 Å². The molecule has 21 heavy (non-hydrogen) atoms. The predicted octanol–water partition coefficient (Wildman–Crippen LogP) is 3.48. The molecule has 0 amide bonds. The van der Waals surface area contributed by atoms with E-state index in [4.69, 9.17) is 4.98 Å². The highest BCUT2D eigenvalue weighted by Gasteiger charge is 2.15. The Hall–Kier alpha value is -2.42. The molecule has 1 aliphatic heterocycles. The molecule has 3 heterocycles. The molecule has 1 aliphatic rings. The van der Waals surface area contributed by atoms with E-state index in [2.05, 4.69) is 52.2 Å². The molecular formula is C18H17N3. The molecule has 104 valence electrons. The number of hydrogen-bond donors (Lipinski definition) is 0. The van der Waals surface area contributed by atoms with E-state index < -0.39 is 0 Å². The van der Waals surface area contributed by atoms with Gasteiger partial charge in [0.25, 0.3) is 0 Å². The third-order valence-corrected chi connectivity index (χ3v) is 3.96. The maximum Gasteiger partial charge on any atom is 0.111 e. The zero-order valence-corrected chi connectivity index (χ0v) is 11.9. The lowest BCUT2D eigenvalue weighted by molar-refractivity contribution is 0.658. The number of rotatable bonds is 3. The van der Waals surface area contributed by atoms with Crippen LogP contribution in [0.15, 0.2) is 54.6 Å². The number of hydrogen-bond acceptors (Lipinski definition) is 2. The summed E-state index contributed by atoms with van der Waals surface area (Å²) >= 11 is 0. The molecule has 3 nitrogen and oxygen atoms in total. The van der Waals surface area contributed by atoms with Gasteiger partial charge in [0.1, 0.15) is 5.69 Å². The van der Waals surface area contributed by atoms with Gasteiger partial charge in [0.2, 0.25) is 0 Å². The van der Waals surface area contributed by atoms with Crippen molar-refractivity contribution in [3.8, 4) is 11.4 Å². The van der Waals surface area contributed by atoms with E-state index >= 15 is 0 Å². The Kier molecular flexibility index (Phi) is 3.03. The van der Waals surface area contributed by atoms with Crippen LogP contribution in [-0.4, -0.2) is 14.8 Å². The minimum Gasteiger partial charge on any atom is -0.269 e. The fourth-order valence-electron chi connectivity index (χ4n) is 2.91. The van der Waals surface area contributed by atoms with Crippen LogP contribution in [0.25, 0.3) is 11.4 Å². The summed E-state index contributed by atoms with van der Waals surface area (Å²) in [6.45, 7) is 1.04. The van der Waals surface area contributed by atoms with Crippen molar-refractivity contribution in [1.82, 2.24) is 14.8 Å². The Bertz CT molecular complexity index is 738. The highest BCUT2D eigenvalue weighted by Crippen LogP contribution is 2.22. The van der Waals surface area contributed by atoms with Crippen LogP contribution >= 0.6 is 0 Å². The third kappa shape index (κ3) is 2.47. The van der Waals surface area contributed by atoms with Crippen molar-refractivity contribution in [2.24, 2.45) is 0 Å². The van der Waals surface area contributed by atoms with Crippen LogP contribution in [0.2, 0.25) is 0 Å². The van der Waals surface area contributed by atoms with E-state index in [1.165, 1.54) is 17.7 Å². The summed E-state index contributed by atoms with van der Waals surface area (Å²) in [5.74, 6) is 0. The summed E-state index contributed by atoms with van der Waals surface area (Å²) < 4.78 is 2.11. The molecule has 0 atom stereocenters. The molecular weight excluding hydrogens is 258 g/mol. The monoisotopic (exact) mass is 275 g/mol. The highest BCUT2D eigenvalue weighted by molar-refractivity contribution is 5.55. The second kappa shape index (κ2) is 5.17. The normalized spacial score (nSPS) is 13.3. The zero-order chi connectivity index (χ0) is 14.1. The number of nitrogens with zero attached hydrogens (tertiary/aromatic N) is 3. The minimum atomic E-state index is 0.863. The van der Waals surface area contributed by atoms with E-state index in [-0.39, 0.29) is 0 Å². The molecule has 0 saturated carbocycles. The molecule has 0 fully saturated rings. The van der Waals surface area contributed by atoms with Crippen LogP contribution in [-0.2, 0) is 19.4 Å². The predicted molar refractivity (Wildman–Crippen MR) is 83.0 cm³/mol. The Morgan fingerprint density at radius 3 is 2.71 bits per heavy atom. The molecule has 0 saturated heterocycles. The number of benzene rings is 1. The molecule has 3 heteroatoms. The lowest BCUT2D eigenvalue weighted by Crippen LogP contribution is -1.96. The zero-order valence-electron chi connectivity index (χ0n) is 11.9. The molecule has 0 N–H and O–H groups in total. The second-order valence-corrected chi connectivity index (χ2v) is 5.52. The second-order valence-electron chi connectivity index (χ2n) is 5.52. The van der Waals surface area contributed by atoms with Gasteiger partial charge in [-0.05, 0) is 36.6 Å². The van der Waals surface area contributed by atoms with E-state index in [0.717, 1.165) is 36.5 Å². The first kappa shape index (κ1) is 12.3. The van der Waals surface area contributed by atoms with Gasteiger partial charge in [0.05, 0.1) is 5.69 Å². The summed E-state index contributed by atoms with van der Waals surface area (Å²) in [6.07, 6.45) is 3.21. The topological polar surface area (TPSA) is 30.7 Å². The van der Waals surface area contributed by atoms with Crippen molar-refractivity contribution < 1.29 is 0 Å². The standard InChI is InChI=1S/C18H17N3/c1-2-6-14(7-3-1)12-15-8-4-10-17(19-15)18-13-16-9-5-11-21(16)20-18/h1-4,6-8,10,13H,5,9,11-12H2. The summed E-state index contributed by atoms with van der Waals surface area (Å²) in [5, 5.41) is 4.66. The minimum absolute atomic E-state index is 0.863. The highest BCUT2D eigenvalue weighted by atomic mass is 15.3. The lowest BCUT2D eigenvalue weighted by Gasteiger charge is -2.03. The molecule has 0 aliphatic carbocycles. The van der Waals surface area contributed by atoms with Crippen LogP contribution in [0.4, 0.5) is 0 Å². The first-order valence-corrected chi connectivity index (χ1v) is 7.45. The van der Waals surface area contributed by atoms with E-state index in [1.807, 2.05) is 12.1 Å². The fourth-order valence-corrected chi connectivity index (χ4v) is 2.91. The van der Waals surface area contributed by atoms with Gasteiger partial charge >= 0.3 is 0 Å². The number of aryl methyl sites for hydroxylation is 2. The number of fused-ring (bicyclic) bond motifs is 1. The largest absolute Gasteiger partial charge is 0.269 e. The SMILES string of the molecule is c1ccc(Cc2cccc(-c3cc4n(n3)CCC4)n2)cc1. The van der Waals surface area contributed by atoms with Crippen LogP contribution in [0, 0.1) is 0 Å². The first-order valence-electron chi connectivity index (χ1n) is 7.45. The number of aromatic nitrogens is 3. The van der Waals surface area contributed by atoms with Gasteiger partial charge in [-0.25, -0.2) is 0 Å². The van der Waals surface area contributed by atoms with Gasteiger partial charge in [-0.1, -0.05) is 36.4 Å². The van der Waals surface area contributed by atoms with Crippen LogP contribution in [0.3, 0.4) is 0 Å². The van der Waals surface area contributed by atoms with E-state index in [9.17, 15) is 0 Å². The molecule has 1 aromatic carbocycles. The summed E-state index contributed by atoms with van der Waals surface area (Å²) in [6, 6.07) is 18.8. The lowest BCUT2D eigenvalue weighted by atomic mass is 10.1. The van der Waals surface area contributed by atoms with Crippen molar-refractivity contribution in [2.45, 2.75) is 25.8 Å². The van der Waals surface area contributed by atoms with Gasteiger partial charge in [-0.15, -0.1) is 0 Å². The molecule has 4 rings (SSSR count). The van der Waals surface area contributed by atoms with Crippen LogP contribution in [0.5, 0.6) is 0 Å². The van der Waals surface area contributed by atoms with E-state index in [1.54, 1.807) is 0 Å². The van der Waals surface area contributed by atoms with Crippen molar-refractivity contribution in [3.63, 3.8) is 0 Å². The number of pyridine rings is 1. The Balaban J connectivity index is 1.63. The summed E-state index contributed by atoms with van der Waals surface area (Å²) in [4.78, 5) is 4.78. The van der Waals surface area contributed by atoms with Crippen LogP contribution < -0.4 is 0 Å². The fraction of sp³-hybridized carbons (Fsp3) is 0.222. The van der Waals surface area contributed by atoms with Gasteiger partial charge in [-0.2, -0.15) is 5.10 Å². The summed E-state index contributed by atoms with van der Waals surface area (Å²) in [7, 11) is 0. The van der Waals surface area contributed by atoms with Crippen LogP contribution in [0.1, 0.15) is 23.4 Å². The van der Waals surface area contributed by atoms with Crippen molar-refractivity contribution >= 4 is 0 Å². The smallest absolute Gasteiger partial charge is 0.111 e. The maximum absolute atomic E-state index is 4.78. The molecule has 2 aromatic heterocycles. The van der Waals surface area contributed by atoms with Gasteiger partial charge in [0, 0.05) is 24.4 Å². The summed E-state index contributed by atoms with van der Waals surface area (Å²) in [5.41, 5.74) is 5.69.